The summed E-state index contributed by atoms with van der Waals surface area (Å²) in [6, 6.07) is 16.0. The molecule has 3 fully saturated rings. The number of piperazine rings is 1. The van der Waals surface area contributed by atoms with E-state index in [-0.39, 0.29) is 23.6 Å². The molecule has 4 aliphatic rings. The van der Waals surface area contributed by atoms with Gasteiger partial charge in [0.05, 0.1) is 36.2 Å². The fourth-order valence-electron chi connectivity index (χ4n) is 8.74. The van der Waals surface area contributed by atoms with E-state index in [0.29, 0.717) is 23.7 Å². The summed E-state index contributed by atoms with van der Waals surface area (Å²) >= 11 is 0. The van der Waals surface area contributed by atoms with Crippen molar-refractivity contribution in [3.05, 3.63) is 82.7 Å². The fourth-order valence-corrected chi connectivity index (χ4v) is 8.74. The van der Waals surface area contributed by atoms with Gasteiger partial charge in [0.15, 0.2) is 0 Å². The standard InChI is InChI=1S/C38H40N4O4/c1-40-21-27-11-12-28(22-40)42(27)37(43)32-9-6-16-39-35(32)26-17-25-18-29(46-2)13-15-30(25)36-34(23-7-4-3-5-8-23)31-14-10-24(38(44)45)19-33(31)41(36)20-26/h6,9-10,13-19,23,27-28H,3-5,7-8,11-12,20-22H2,1-2H3,(H,44,45). The van der Waals surface area contributed by atoms with Crippen LogP contribution in [0.15, 0.2) is 54.7 Å². The zero-order valence-electron chi connectivity index (χ0n) is 26.5. The molecule has 1 amide bonds. The van der Waals surface area contributed by atoms with Gasteiger partial charge >= 0.3 is 5.97 Å². The number of hydrogen-bond acceptors (Lipinski definition) is 5. The second kappa shape index (κ2) is 11.4. The van der Waals surface area contributed by atoms with Crippen LogP contribution in [0.2, 0.25) is 0 Å². The van der Waals surface area contributed by atoms with Gasteiger partial charge in [-0.15, -0.1) is 0 Å². The van der Waals surface area contributed by atoms with Crippen molar-refractivity contribution in [1.29, 1.82) is 0 Å². The van der Waals surface area contributed by atoms with Crippen molar-refractivity contribution in [2.75, 3.05) is 27.2 Å². The number of likely N-dealkylation sites (tertiary alicyclic amines) is 1. The van der Waals surface area contributed by atoms with E-state index >= 15 is 0 Å². The quantitative estimate of drug-likeness (QED) is 0.262. The number of allylic oxidation sites excluding steroid dienone is 1. The molecule has 0 spiro atoms. The Balaban J connectivity index is 1.33. The maximum Gasteiger partial charge on any atom is 0.335 e. The van der Waals surface area contributed by atoms with Crippen LogP contribution in [0.5, 0.6) is 5.75 Å². The minimum atomic E-state index is -0.939. The third-order valence-electron chi connectivity index (χ3n) is 10.8. The maximum atomic E-state index is 14.4. The second-order valence-corrected chi connectivity index (χ2v) is 13.6. The van der Waals surface area contributed by atoms with E-state index in [1.807, 2.05) is 30.3 Å². The Morgan fingerprint density at radius 3 is 2.48 bits per heavy atom. The molecule has 2 aromatic carbocycles. The number of ether oxygens (including phenoxy) is 1. The minimum absolute atomic E-state index is 0.0494. The van der Waals surface area contributed by atoms with Crippen LogP contribution in [0.1, 0.15) is 88.4 Å². The number of hydrogen-bond donors (Lipinski definition) is 1. The molecule has 46 heavy (non-hydrogen) atoms. The number of aromatic nitrogens is 2. The number of carbonyl (C=O) groups excluding carboxylic acids is 1. The lowest BCUT2D eigenvalue weighted by Gasteiger charge is -2.39. The van der Waals surface area contributed by atoms with Gasteiger partial charge in [0.25, 0.3) is 5.91 Å². The van der Waals surface area contributed by atoms with Crippen molar-refractivity contribution in [1.82, 2.24) is 19.4 Å². The number of nitrogens with zero attached hydrogens (tertiary/aromatic N) is 4. The molecule has 3 aliphatic heterocycles. The lowest BCUT2D eigenvalue weighted by molar-refractivity contribution is 0.0471. The zero-order valence-corrected chi connectivity index (χ0v) is 26.5. The van der Waals surface area contributed by atoms with Crippen molar-refractivity contribution in [3.8, 4) is 17.0 Å². The lowest BCUT2D eigenvalue weighted by atomic mass is 9.81. The molecule has 2 saturated heterocycles. The predicted molar refractivity (Wildman–Crippen MR) is 179 cm³/mol. The summed E-state index contributed by atoms with van der Waals surface area (Å²) in [5.74, 6) is 0.260. The Hall–Kier alpha value is -4.43. The monoisotopic (exact) mass is 616 g/mol. The third kappa shape index (κ3) is 4.73. The van der Waals surface area contributed by atoms with Crippen molar-refractivity contribution in [2.24, 2.45) is 0 Å². The van der Waals surface area contributed by atoms with E-state index in [1.165, 1.54) is 24.8 Å². The van der Waals surface area contributed by atoms with Gasteiger partial charge in [-0.2, -0.15) is 0 Å². The first kappa shape index (κ1) is 29.0. The van der Waals surface area contributed by atoms with Crippen LogP contribution >= 0.6 is 0 Å². The molecule has 2 aromatic heterocycles. The summed E-state index contributed by atoms with van der Waals surface area (Å²) in [5.41, 5.74) is 7.94. The molecule has 2 unspecified atom stereocenters. The zero-order chi connectivity index (χ0) is 31.5. The van der Waals surface area contributed by atoms with Gasteiger partial charge in [-0.1, -0.05) is 25.3 Å². The highest BCUT2D eigenvalue weighted by Crippen LogP contribution is 2.48. The number of amides is 1. The number of aromatic carboxylic acids is 1. The number of likely N-dealkylation sites (N-methyl/N-ethyl adjacent to an activating group) is 1. The fraction of sp³-hybridized carbons (Fsp3) is 0.395. The smallest absolute Gasteiger partial charge is 0.335 e. The average Bonchev–Trinajstić information content (AvgIpc) is 3.47. The second-order valence-electron chi connectivity index (χ2n) is 13.6. The minimum Gasteiger partial charge on any atom is -0.497 e. The van der Waals surface area contributed by atoms with Crippen LogP contribution in [0.4, 0.5) is 0 Å². The summed E-state index contributed by atoms with van der Waals surface area (Å²) in [7, 11) is 3.82. The number of pyridine rings is 1. The van der Waals surface area contributed by atoms with Gasteiger partial charge < -0.3 is 24.2 Å². The summed E-state index contributed by atoms with van der Waals surface area (Å²) in [4.78, 5) is 35.9. The molecule has 1 aliphatic carbocycles. The Bertz CT molecular complexity index is 1890. The van der Waals surface area contributed by atoms with Gasteiger partial charge in [-0.25, -0.2) is 4.79 Å². The number of carboxylic acid groups (broad SMARTS) is 1. The Morgan fingerprint density at radius 2 is 1.74 bits per heavy atom. The molecule has 4 aromatic rings. The molecule has 8 heteroatoms. The third-order valence-corrected chi connectivity index (χ3v) is 10.8. The van der Waals surface area contributed by atoms with E-state index in [1.54, 1.807) is 19.4 Å². The van der Waals surface area contributed by atoms with Crippen LogP contribution < -0.4 is 4.74 Å². The maximum absolute atomic E-state index is 14.4. The van der Waals surface area contributed by atoms with Crippen LogP contribution in [0.25, 0.3) is 33.8 Å². The highest BCUT2D eigenvalue weighted by Gasteiger charge is 2.42. The van der Waals surface area contributed by atoms with E-state index in [9.17, 15) is 14.7 Å². The van der Waals surface area contributed by atoms with Gasteiger partial charge in [-0.05, 0) is 104 Å². The first-order valence-corrected chi connectivity index (χ1v) is 16.7. The van der Waals surface area contributed by atoms with Gasteiger partial charge in [0, 0.05) is 47.8 Å². The van der Waals surface area contributed by atoms with Crippen LogP contribution in [-0.2, 0) is 6.54 Å². The Morgan fingerprint density at radius 1 is 0.957 bits per heavy atom. The van der Waals surface area contributed by atoms with E-state index in [0.717, 1.165) is 77.8 Å². The van der Waals surface area contributed by atoms with E-state index in [4.69, 9.17) is 9.72 Å². The molecule has 2 atom stereocenters. The summed E-state index contributed by atoms with van der Waals surface area (Å²) in [6.45, 7) is 2.25. The van der Waals surface area contributed by atoms with Crippen molar-refractivity contribution >= 4 is 34.4 Å². The topological polar surface area (TPSA) is 87.9 Å². The van der Waals surface area contributed by atoms with Crippen LogP contribution in [-0.4, -0.2) is 75.7 Å². The summed E-state index contributed by atoms with van der Waals surface area (Å²) in [5, 5.41) is 11.1. The van der Waals surface area contributed by atoms with Gasteiger partial charge in [-0.3, -0.25) is 9.78 Å². The van der Waals surface area contributed by atoms with Crippen LogP contribution in [0.3, 0.4) is 0 Å². The van der Waals surface area contributed by atoms with Crippen molar-refractivity contribution in [2.45, 2.75) is 69.5 Å². The number of carbonyl (C=O) groups is 2. The molecular weight excluding hydrogens is 576 g/mol. The van der Waals surface area contributed by atoms with Gasteiger partial charge in [0.1, 0.15) is 5.75 Å². The SMILES string of the molecule is COc1ccc2c(c1)C=C(c1ncccc1C(=O)N1C3CCC1CN(C)C3)Cn1c-2c(C2CCCCC2)c2ccc(C(=O)O)cc21. The molecule has 1 saturated carbocycles. The Labute approximate surface area is 269 Å². The number of benzene rings is 2. The van der Waals surface area contributed by atoms with E-state index in [2.05, 4.69) is 39.6 Å². The molecule has 8 rings (SSSR count). The van der Waals surface area contributed by atoms with Crippen molar-refractivity contribution < 1.29 is 19.4 Å². The Kier molecular flexibility index (Phi) is 7.20. The number of carboxylic acids is 1. The molecule has 5 heterocycles. The normalized spacial score (nSPS) is 21.4. The highest BCUT2D eigenvalue weighted by molar-refractivity contribution is 6.04. The molecule has 2 bridgehead atoms. The predicted octanol–water partition coefficient (Wildman–Crippen LogP) is 6.93. The number of methoxy groups -OCH3 is 1. The van der Waals surface area contributed by atoms with E-state index < -0.39 is 5.97 Å². The summed E-state index contributed by atoms with van der Waals surface area (Å²) < 4.78 is 7.99. The molecule has 8 nitrogen and oxygen atoms in total. The highest BCUT2D eigenvalue weighted by atomic mass is 16.5. The van der Waals surface area contributed by atoms with Gasteiger partial charge in [0.2, 0.25) is 0 Å². The first-order valence-electron chi connectivity index (χ1n) is 16.7. The number of rotatable bonds is 5. The largest absolute Gasteiger partial charge is 0.497 e. The molecule has 1 N–H and O–H groups in total. The first-order chi connectivity index (χ1) is 22.4. The summed E-state index contributed by atoms with van der Waals surface area (Å²) in [6.07, 6.45) is 11.9. The van der Waals surface area contributed by atoms with Crippen molar-refractivity contribution in [3.63, 3.8) is 0 Å². The molecule has 0 radical (unpaired) electrons. The average molecular weight is 617 g/mol. The lowest BCUT2D eigenvalue weighted by Crippen LogP contribution is -2.54. The van der Waals surface area contributed by atoms with Crippen LogP contribution in [0, 0.1) is 0 Å². The molecular formula is C38H40N4O4. The number of fused-ring (bicyclic) bond motifs is 7. The molecule has 236 valence electrons.